The quantitative estimate of drug-likeness (QED) is 0.320. The van der Waals surface area contributed by atoms with Crippen LogP contribution in [0.15, 0.2) is 41.2 Å². The van der Waals surface area contributed by atoms with Crippen LogP contribution in [0.2, 0.25) is 0 Å². The second-order valence-corrected chi connectivity index (χ2v) is 11.0. The van der Waals surface area contributed by atoms with E-state index in [1.807, 2.05) is 46.8 Å². The van der Waals surface area contributed by atoms with Crippen molar-refractivity contribution in [2.75, 3.05) is 0 Å². The van der Waals surface area contributed by atoms with Crippen molar-refractivity contribution >= 4 is 17.0 Å². The molecule has 1 unspecified atom stereocenters. The van der Waals surface area contributed by atoms with Crippen molar-refractivity contribution < 1.29 is 14.6 Å². The fourth-order valence-electron chi connectivity index (χ4n) is 5.02. The van der Waals surface area contributed by atoms with Gasteiger partial charge in [0.1, 0.15) is 0 Å². The maximum atomic E-state index is 13.0. The lowest BCUT2D eigenvalue weighted by atomic mass is 9.84. The molecule has 0 amide bonds. The largest absolute Gasteiger partial charge is 0.479 e. The van der Waals surface area contributed by atoms with Crippen molar-refractivity contribution in [3.05, 3.63) is 80.3 Å². The lowest BCUT2D eigenvalue weighted by Gasteiger charge is -2.29. The number of nitrogens with one attached hydrogen (secondary N) is 1. The van der Waals surface area contributed by atoms with E-state index in [1.165, 1.54) is 10.1 Å². The van der Waals surface area contributed by atoms with Crippen molar-refractivity contribution in [2.24, 2.45) is 7.05 Å². The highest BCUT2D eigenvalue weighted by molar-refractivity contribution is 6.04. The van der Waals surface area contributed by atoms with Gasteiger partial charge >= 0.3 is 11.7 Å². The molecule has 0 radical (unpaired) electrons. The third-order valence-corrected chi connectivity index (χ3v) is 7.18. The molecule has 0 aliphatic rings. The molecular weight excluding hydrogens is 464 g/mol. The van der Waals surface area contributed by atoms with Gasteiger partial charge in [-0.05, 0) is 99.9 Å². The van der Waals surface area contributed by atoms with Crippen molar-refractivity contribution in [1.82, 2.24) is 9.55 Å². The Labute approximate surface area is 217 Å². The van der Waals surface area contributed by atoms with Crippen LogP contribution >= 0.6 is 0 Å². The van der Waals surface area contributed by atoms with Gasteiger partial charge in [-0.25, -0.2) is 9.59 Å². The number of fused-ring (bicyclic) bond motifs is 1. The average Bonchev–Trinajstić information content (AvgIpc) is 3.08. The Morgan fingerprint density at radius 3 is 1.86 bits per heavy atom. The van der Waals surface area contributed by atoms with E-state index < -0.39 is 17.7 Å². The molecule has 1 aromatic heterocycles. The number of aromatic nitrogens is 2. The van der Waals surface area contributed by atoms with Gasteiger partial charge in [0, 0.05) is 18.2 Å². The molecular formula is C31H36N2O4. The number of carbonyl (C=O) groups is 1. The van der Waals surface area contributed by atoms with Crippen LogP contribution in [-0.2, 0) is 16.6 Å². The van der Waals surface area contributed by atoms with E-state index in [1.54, 1.807) is 7.05 Å². The third kappa shape index (κ3) is 4.74. The second kappa shape index (κ2) is 9.34. The zero-order valence-corrected chi connectivity index (χ0v) is 23.2. The van der Waals surface area contributed by atoms with Crippen LogP contribution < -0.4 is 5.69 Å². The smallest absolute Gasteiger partial charge is 0.337 e. The number of rotatable bonds is 5. The molecule has 194 valence electrons. The first-order chi connectivity index (χ1) is 17.2. The van der Waals surface area contributed by atoms with Gasteiger partial charge < -0.3 is 14.8 Å². The van der Waals surface area contributed by atoms with Crippen LogP contribution in [0.4, 0.5) is 0 Å². The molecule has 4 rings (SSSR count). The van der Waals surface area contributed by atoms with E-state index in [0.29, 0.717) is 16.6 Å². The first kappa shape index (κ1) is 26.4. The van der Waals surface area contributed by atoms with Crippen molar-refractivity contribution in [3.8, 4) is 22.3 Å². The Morgan fingerprint density at radius 2 is 1.41 bits per heavy atom. The maximum absolute atomic E-state index is 13.0. The van der Waals surface area contributed by atoms with Gasteiger partial charge in [-0.2, -0.15) is 0 Å². The highest BCUT2D eigenvalue weighted by Crippen LogP contribution is 2.45. The van der Waals surface area contributed by atoms with Gasteiger partial charge in [0.15, 0.2) is 6.10 Å². The van der Waals surface area contributed by atoms with Crippen LogP contribution in [0.5, 0.6) is 0 Å². The number of nitrogens with zero attached hydrogens (tertiary/aromatic N) is 1. The van der Waals surface area contributed by atoms with Gasteiger partial charge in [0.05, 0.1) is 16.6 Å². The number of H-pyrrole nitrogens is 1. The molecule has 0 saturated heterocycles. The van der Waals surface area contributed by atoms with Crippen LogP contribution in [-0.4, -0.2) is 26.2 Å². The van der Waals surface area contributed by atoms with E-state index in [0.717, 1.165) is 44.5 Å². The summed E-state index contributed by atoms with van der Waals surface area (Å²) in [5, 5.41) is 10.4. The Morgan fingerprint density at radius 1 is 0.892 bits per heavy atom. The summed E-state index contributed by atoms with van der Waals surface area (Å²) in [5.41, 5.74) is 9.55. The van der Waals surface area contributed by atoms with Crippen LogP contribution in [0.3, 0.4) is 0 Å². The number of ether oxygens (including phenoxy) is 1. The van der Waals surface area contributed by atoms with Crippen LogP contribution in [0.25, 0.3) is 33.3 Å². The number of benzene rings is 3. The molecule has 1 heterocycles. The summed E-state index contributed by atoms with van der Waals surface area (Å²) in [5.74, 6) is -1.10. The summed E-state index contributed by atoms with van der Waals surface area (Å²) < 4.78 is 7.68. The predicted molar refractivity (Wildman–Crippen MR) is 149 cm³/mol. The Hall–Kier alpha value is -3.64. The molecule has 3 aromatic carbocycles. The van der Waals surface area contributed by atoms with Crippen molar-refractivity contribution in [3.63, 3.8) is 0 Å². The molecule has 6 heteroatoms. The number of hydrogen-bond acceptors (Lipinski definition) is 3. The topological polar surface area (TPSA) is 84.3 Å². The van der Waals surface area contributed by atoms with Gasteiger partial charge in [0.25, 0.3) is 0 Å². The molecule has 4 aromatic rings. The predicted octanol–water partition coefficient (Wildman–Crippen LogP) is 6.68. The minimum Gasteiger partial charge on any atom is -0.479 e. The average molecular weight is 501 g/mol. The Bertz CT molecular complexity index is 1600. The highest BCUT2D eigenvalue weighted by atomic mass is 16.5. The maximum Gasteiger partial charge on any atom is 0.337 e. The van der Waals surface area contributed by atoms with Gasteiger partial charge in [-0.1, -0.05) is 36.4 Å². The fourth-order valence-corrected chi connectivity index (χ4v) is 5.02. The summed E-state index contributed by atoms with van der Waals surface area (Å²) in [6.07, 6.45) is -1.28. The van der Waals surface area contributed by atoms with Crippen LogP contribution in [0.1, 0.15) is 60.3 Å². The standard InChI is InChI=1S/C31H36N2O4/c1-16-10-12-21(14-18(16)3)23-20(5)24(22-13-11-17(2)19(4)15-22)26-27(33(9)30(36)32-26)25(23)28(29(34)35)37-31(6,7)8/h10-15,28H,1-9H3,(H,32,36)(H,34,35). The third-order valence-electron chi connectivity index (χ3n) is 7.18. The van der Waals surface area contributed by atoms with E-state index >= 15 is 0 Å². The minimum atomic E-state index is -1.28. The van der Waals surface area contributed by atoms with Gasteiger partial charge in [0.2, 0.25) is 0 Å². The first-order valence-corrected chi connectivity index (χ1v) is 12.5. The number of carboxylic acid groups (broad SMARTS) is 1. The zero-order valence-electron chi connectivity index (χ0n) is 23.2. The van der Waals surface area contributed by atoms with Crippen molar-refractivity contribution in [2.45, 2.75) is 67.1 Å². The van der Waals surface area contributed by atoms with E-state index in [2.05, 4.69) is 50.0 Å². The van der Waals surface area contributed by atoms with E-state index in [9.17, 15) is 14.7 Å². The molecule has 0 fully saturated rings. The van der Waals surface area contributed by atoms with E-state index in [4.69, 9.17) is 4.74 Å². The molecule has 6 nitrogen and oxygen atoms in total. The molecule has 2 N–H and O–H groups in total. The first-order valence-electron chi connectivity index (χ1n) is 12.5. The number of imidazole rings is 1. The molecule has 1 atom stereocenters. The summed E-state index contributed by atoms with van der Waals surface area (Å²) in [7, 11) is 1.67. The minimum absolute atomic E-state index is 0.308. The summed E-state index contributed by atoms with van der Waals surface area (Å²) in [6, 6.07) is 12.4. The number of aryl methyl sites for hydroxylation is 5. The van der Waals surface area contributed by atoms with E-state index in [-0.39, 0.29) is 5.69 Å². The monoisotopic (exact) mass is 500 g/mol. The lowest BCUT2D eigenvalue weighted by molar-refractivity contribution is -0.160. The molecule has 0 saturated carbocycles. The normalized spacial score (nSPS) is 12.8. The lowest BCUT2D eigenvalue weighted by Crippen LogP contribution is -2.28. The summed E-state index contributed by atoms with van der Waals surface area (Å²) >= 11 is 0. The molecule has 0 bridgehead atoms. The zero-order chi connectivity index (χ0) is 27.4. The summed E-state index contributed by atoms with van der Waals surface area (Å²) in [6.45, 7) is 15.7. The van der Waals surface area contributed by atoms with Gasteiger partial charge in [-0.15, -0.1) is 0 Å². The Balaban J connectivity index is 2.26. The summed E-state index contributed by atoms with van der Waals surface area (Å²) in [4.78, 5) is 28.8. The molecule has 37 heavy (non-hydrogen) atoms. The second-order valence-electron chi connectivity index (χ2n) is 11.0. The molecule has 0 aliphatic heterocycles. The highest BCUT2D eigenvalue weighted by Gasteiger charge is 2.34. The number of aliphatic carboxylic acids is 1. The van der Waals surface area contributed by atoms with Gasteiger partial charge in [-0.3, -0.25) is 4.57 Å². The molecule has 0 aliphatic carbocycles. The van der Waals surface area contributed by atoms with Crippen molar-refractivity contribution in [1.29, 1.82) is 0 Å². The fraction of sp³-hybridized carbons (Fsp3) is 0.355. The molecule has 0 spiro atoms. The Kier molecular flexibility index (Phi) is 6.67. The SMILES string of the molecule is Cc1ccc(-c2c(C)c(-c3ccc(C)c(C)c3)c3[nH]c(=O)n(C)c3c2C(OC(C)(C)C)C(=O)O)cc1C. The number of hydrogen-bond donors (Lipinski definition) is 2. The number of carboxylic acids is 1. The number of aromatic amines is 1. The van der Waals surface area contributed by atoms with Crippen LogP contribution in [0, 0.1) is 34.6 Å².